The first-order chi connectivity index (χ1) is 8.60. The molecule has 1 fully saturated rings. The van der Waals surface area contributed by atoms with Crippen molar-refractivity contribution >= 4 is 11.9 Å². The van der Waals surface area contributed by atoms with Crippen molar-refractivity contribution in [2.45, 2.75) is 13.0 Å². The number of aliphatic hydroxyl groups excluding tert-OH is 1. The number of aromatic nitrogens is 3. The summed E-state index contributed by atoms with van der Waals surface area (Å²) in [6.07, 6.45) is 2.01. The lowest BCUT2D eigenvalue weighted by Crippen LogP contribution is -2.32. The van der Waals surface area contributed by atoms with Gasteiger partial charge in [-0.3, -0.25) is 4.79 Å². The van der Waals surface area contributed by atoms with Crippen LogP contribution in [0.5, 0.6) is 0 Å². The van der Waals surface area contributed by atoms with Crippen LogP contribution >= 0.6 is 0 Å². The monoisotopic (exact) mass is 254 g/mol. The van der Waals surface area contributed by atoms with E-state index in [9.17, 15) is 9.59 Å². The number of carboxylic acid groups (broad SMARTS) is 1. The van der Waals surface area contributed by atoms with Gasteiger partial charge in [-0.05, 0) is 6.42 Å². The van der Waals surface area contributed by atoms with Gasteiger partial charge in [0.15, 0.2) is 5.69 Å². The topological polar surface area (TPSA) is 109 Å². The Kier molecular flexibility index (Phi) is 3.56. The molecule has 1 amide bonds. The summed E-state index contributed by atoms with van der Waals surface area (Å²) in [6.45, 7) is 1.20. The number of hydrogen-bond donors (Lipinski definition) is 2. The number of carbonyl (C=O) groups is 2. The van der Waals surface area contributed by atoms with E-state index >= 15 is 0 Å². The van der Waals surface area contributed by atoms with E-state index in [0.717, 1.165) is 6.42 Å². The Hall–Kier alpha value is -1.96. The fourth-order valence-electron chi connectivity index (χ4n) is 1.92. The maximum absolute atomic E-state index is 11.9. The van der Waals surface area contributed by atoms with E-state index in [1.807, 2.05) is 0 Å². The molecule has 0 aliphatic carbocycles. The van der Waals surface area contributed by atoms with E-state index < -0.39 is 5.97 Å². The third-order valence-corrected chi connectivity index (χ3v) is 2.95. The van der Waals surface area contributed by atoms with Gasteiger partial charge in [0.2, 0.25) is 5.91 Å². The van der Waals surface area contributed by atoms with E-state index in [2.05, 4.69) is 10.3 Å². The molecule has 2 N–H and O–H groups in total. The number of aromatic carboxylic acids is 1. The highest BCUT2D eigenvalue weighted by molar-refractivity contribution is 5.84. The SMILES string of the molecule is O=C(O)c1cn(CC(=O)N2CCC(CO)C2)nn1. The zero-order valence-corrected chi connectivity index (χ0v) is 9.69. The van der Waals surface area contributed by atoms with E-state index in [1.165, 1.54) is 10.9 Å². The number of rotatable bonds is 4. The van der Waals surface area contributed by atoms with Gasteiger partial charge in [0.05, 0.1) is 6.20 Å². The Morgan fingerprint density at radius 1 is 1.50 bits per heavy atom. The van der Waals surface area contributed by atoms with Gasteiger partial charge in [0.25, 0.3) is 0 Å². The molecule has 8 nitrogen and oxygen atoms in total. The van der Waals surface area contributed by atoms with Crippen molar-refractivity contribution in [2.24, 2.45) is 5.92 Å². The quantitative estimate of drug-likeness (QED) is 0.700. The van der Waals surface area contributed by atoms with E-state index in [1.54, 1.807) is 4.90 Å². The summed E-state index contributed by atoms with van der Waals surface area (Å²) in [4.78, 5) is 24.1. The second-order valence-electron chi connectivity index (χ2n) is 4.28. The summed E-state index contributed by atoms with van der Waals surface area (Å²) in [5, 5.41) is 24.7. The van der Waals surface area contributed by atoms with Crippen LogP contribution in [0.15, 0.2) is 6.20 Å². The zero-order valence-electron chi connectivity index (χ0n) is 9.69. The van der Waals surface area contributed by atoms with Crippen molar-refractivity contribution in [2.75, 3.05) is 19.7 Å². The van der Waals surface area contributed by atoms with Crippen molar-refractivity contribution < 1.29 is 19.8 Å². The molecule has 0 bridgehead atoms. The molecule has 18 heavy (non-hydrogen) atoms. The number of hydrogen-bond acceptors (Lipinski definition) is 5. The van der Waals surface area contributed by atoms with Crippen LogP contribution in [0.1, 0.15) is 16.9 Å². The first-order valence-electron chi connectivity index (χ1n) is 5.62. The lowest BCUT2D eigenvalue weighted by Gasteiger charge is -2.15. The predicted molar refractivity (Wildman–Crippen MR) is 58.8 cm³/mol. The molecule has 2 rings (SSSR count). The molecule has 0 saturated carbocycles. The normalized spacial score (nSPS) is 19.2. The Balaban J connectivity index is 1.93. The standard InChI is InChI=1S/C10H14N4O4/c15-6-7-1-2-13(3-7)9(16)5-14-4-8(10(17)18)11-12-14/h4,7,15H,1-3,5-6H2,(H,17,18). The van der Waals surface area contributed by atoms with Gasteiger partial charge in [-0.1, -0.05) is 5.21 Å². The number of amides is 1. The average Bonchev–Trinajstić information content (AvgIpc) is 2.96. The number of nitrogens with zero attached hydrogens (tertiary/aromatic N) is 4. The molecule has 1 aliphatic rings. The molecule has 1 unspecified atom stereocenters. The maximum atomic E-state index is 11.9. The van der Waals surface area contributed by atoms with Gasteiger partial charge in [-0.25, -0.2) is 9.48 Å². The summed E-state index contributed by atoms with van der Waals surface area (Å²) in [7, 11) is 0. The Labute approximate surface area is 103 Å². The average molecular weight is 254 g/mol. The largest absolute Gasteiger partial charge is 0.476 e. The van der Waals surface area contributed by atoms with Crippen molar-refractivity contribution in [3.63, 3.8) is 0 Å². The van der Waals surface area contributed by atoms with Gasteiger partial charge < -0.3 is 15.1 Å². The molecular formula is C10H14N4O4. The predicted octanol–water partition coefficient (Wildman–Crippen LogP) is -1.18. The molecular weight excluding hydrogens is 240 g/mol. The van der Waals surface area contributed by atoms with Crippen molar-refractivity contribution in [1.29, 1.82) is 0 Å². The summed E-state index contributed by atoms with van der Waals surface area (Å²) in [5.74, 6) is -1.18. The van der Waals surface area contributed by atoms with Gasteiger partial charge in [-0.15, -0.1) is 5.10 Å². The molecule has 0 radical (unpaired) electrons. The molecule has 0 spiro atoms. The van der Waals surface area contributed by atoms with Crippen LogP contribution in [0.3, 0.4) is 0 Å². The molecule has 98 valence electrons. The lowest BCUT2D eigenvalue weighted by molar-refractivity contribution is -0.131. The minimum atomic E-state index is -1.17. The van der Waals surface area contributed by atoms with Crippen LogP contribution in [0, 0.1) is 5.92 Å². The van der Waals surface area contributed by atoms with Crippen LogP contribution in [0.2, 0.25) is 0 Å². The molecule has 8 heteroatoms. The maximum Gasteiger partial charge on any atom is 0.358 e. The summed E-state index contributed by atoms with van der Waals surface area (Å²) in [5.41, 5.74) is -0.183. The minimum Gasteiger partial charge on any atom is -0.476 e. The molecule has 2 heterocycles. The van der Waals surface area contributed by atoms with Gasteiger partial charge in [0.1, 0.15) is 6.54 Å². The number of carboxylic acids is 1. The van der Waals surface area contributed by atoms with Crippen molar-refractivity contribution in [3.8, 4) is 0 Å². The van der Waals surface area contributed by atoms with Gasteiger partial charge >= 0.3 is 5.97 Å². The van der Waals surface area contributed by atoms with Crippen LogP contribution in [-0.4, -0.2) is 61.7 Å². The first-order valence-corrected chi connectivity index (χ1v) is 5.62. The van der Waals surface area contributed by atoms with Crippen molar-refractivity contribution in [1.82, 2.24) is 19.9 Å². The molecule has 1 atom stereocenters. The van der Waals surface area contributed by atoms with Crippen LogP contribution in [0.4, 0.5) is 0 Å². The molecule has 1 aromatic rings. The fraction of sp³-hybridized carbons (Fsp3) is 0.600. The Bertz CT molecular complexity index is 458. The summed E-state index contributed by atoms with van der Waals surface area (Å²) >= 11 is 0. The van der Waals surface area contributed by atoms with Gasteiger partial charge in [-0.2, -0.15) is 0 Å². The summed E-state index contributed by atoms with van der Waals surface area (Å²) in [6, 6.07) is 0. The molecule has 1 saturated heterocycles. The zero-order chi connectivity index (χ0) is 13.1. The van der Waals surface area contributed by atoms with E-state index in [0.29, 0.717) is 13.1 Å². The van der Waals surface area contributed by atoms with Crippen LogP contribution < -0.4 is 0 Å². The van der Waals surface area contributed by atoms with Crippen LogP contribution in [0.25, 0.3) is 0 Å². The highest BCUT2D eigenvalue weighted by atomic mass is 16.4. The smallest absolute Gasteiger partial charge is 0.358 e. The minimum absolute atomic E-state index is 0.0293. The van der Waals surface area contributed by atoms with Crippen LogP contribution in [-0.2, 0) is 11.3 Å². The number of aliphatic hydroxyl groups is 1. The van der Waals surface area contributed by atoms with E-state index in [4.69, 9.17) is 10.2 Å². The second-order valence-corrected chi connectivity index (χ2v) is 4.28. The molecule has 1 aliphatic heterocycles. The third kappa shape index (κ3) is 2.65. The molecule has 0 aromatic carbocycles. The summed E-state index contributed by atoms with van der Waals surface area (Å²) < 4.78 is 1.21. The van der Waals surface area contributed by atoms with E-state index in [-0.39, 0.29) is 30.7 Å². The van der Waals surface area contributed by atoms with Crippen molar-refractivity contribution in [3.05, 3.63) is 11.9 Å². The molecule has 1 aromatic heterocycles. The Morgan fingerprint density at radius 2 is 2.28 bits per heavy atom. The number of likely N-dealkylation sites (tertiary alicyclic amines) is 1. The first kappa shape index (κ1) is 12.5. The lowest BCUT2D eigenvalue weighted by atomic mass is 10.1. The highest BCUT2D eigenvalue weighted by Crippen LogP contribution is 2.15. The number of carbonyl (C=O) groups excluding carboxylic acids is 1. The third-order valence-electron chi connectivity index (χ3n) is 2.95. The fourth-order valence-corrected chi connectivity index (χ4v) is 1.92. The van der Waals surface area contributed by atoms with Gasteiger partial charge in [0, 0.05) is 25.6 Å². The highest BCUT2D eigenvalue weighted by Gasteiger charge is 2.25. The second kappa shape index (κ2) is 5.13. The Morgan fingerprint density at radius 3 is 2.83 bits per heavy atom.